The fraction of sp³-hybridized carbons (Fsp3) is 0.500. The van der Waals surface area contributed by atoms with Crippen LogP contribution in [0.25, 0.3) is 0 Å². The molecule has 0 saturated carbocycles. The van der Waals surface area contributed by atoms with E-state index in [1.807, 2.05) is 0 Å². The van der Waals surface area contributed by atoms with Crippen LogP contribution in [0.2, 0.25) is 0 Å². The molecule has 0 heterocycles. The van der Waals surface area contributed by atoms with Crippen LogP contribution in [0, 0.1) is 5.41 Å². The van der Waals surface area contributed by atoms with Crippen LogP contribution in [-0.2, 0) is 4.79 Å². The molecule has 4 heteroatoms. The second-order valence-electron chi connectivity index (χ2n) is 5.79. The molecule has 0 spiro atoms. The van der Waals surface area contributed by atoms with Crippen molar-refractivity contribution in [2.24, 2.45) is 11.1 Å². The van der Waals surface area contributed by atoms with Gasteiger partial charge in [-0.15, -0.1) is 0 Å². The summed E-state index contributed by atoms with van der Waals surface area (Å²) in [5.74, 6) is -0.108. The summed E-state index contributed by atoms with van der Waals surface area (Å²) >= 11 is 0. The minimum Gasteiger partial charge on any atom is -0.506 e. The van der Waals surface area contributed by atoms with Gasteiger partial charge in [0.2, 0.25) is 5.91 Å². The van der Waals surface area contributed by atoms with E-state index in [1.54, 1.807) is 18.2 Å². The Labute approximate surface area is 108 Å². The molecule has 1 amide bonds. The minimum absolute atomic E-state index is 0.0650. The van der Waals surface area contributed by atoms with Crippen molar-refractivity contribution < 1.29 is 9.90 Å². The normalized spacial score (nSPS) is 13.1. The second-order valence-corrected chi connectivity index (χ2v) is 5.79. The highest BCUT2D eigenvalue weighted by molar-refractivity contribution is 5.92. The summed E-state index contributed by atoms with van der Waals surface area (Å²) in [6.45, 7) is 6.27. The van der Waals surface area contributed by atoms with E-state index in [4.69, 9.17) is 5.73 Å². The Bertz CT molecular complexity index is 411. The third kappa shape index (κ3) is 5.19. The summed E-state index contributed by atoms with van der Waals surface area (Å²) in [7, 11) is 0. The first-order valence-electron chi connectivity index (χ1n) is 6.11. The molecule has 0 aliphatic heterocycles. The molecule has 0 bridgehead atoms. The van der Waals surface area contributed by atoms with Gasteiger partial charge in [-0.05, 0) is 24.0 Å². The number of rotatable bonds is 4. The van der Waals surface area contributed by atoms with Crippen molar-refractivity contribution >= 4 is 11.6 Å². The Morgan fingerprint density at radius 2 is 2.00 bits per heavy atom. The maximum Gasteiger partial charge on any atom is 0.226 e. The van der Waals surface area contributed by atoms with Gasteiger partial charge in [-0.1, -0.05) is 32.9 Å². The number of nitrogens with two attached hydrogens (primary N) is 1. The van der Waals surface area contributed by atoms with Gasteiger partial charge in [0.05, 0.1) is 5.69 Å². The maximum atomic E-state index is 11.8. The van der Waals surface area contributed by atoms with E-state index in [9.17, 15) is 9.90 Å². The van der Waals surface area contributed by atoms with Crippen molar-refractivity contribution in [2.45, 2.75) is 39.7 Å². The fourth-order valence-electron chi connectivity index (χ4n) is 1.88. The molecule has 1 aromatic rings. The molecule has 0 aliphatic carbocycles. The summed E-state index contributed by atoms with van der Waals surface area (Å²) in [6.07, 6.45) is 1.03. The van der Waals surface area contributed by atoms with E-state index in [0.717, 1.165) is 6.42 Å². The molecular weight excluding hydrogens is 228 g/mol. The first-order valence-corrected chi connectivity index (χ1v) is 6.11. The smallest absolute Gasteiger partial charge is 0.226 e. The maximum absolute atomic E-state index is 11.8. The van der Waals surface area contributed by atoms with Gasteiger partial charge in [0, 0.05) is 12.5 Å². The molecule has 1 rings (SSSR count). The zero-order valence-electron chi connectivity index (χ0n) is 11.2. The van der Waals surface area contributed by atoms with Crippen LogP contribution in [0.3, 0.4) is 0 Å². The van der Waals surface area contributed by atoms with Crippen LogP contribution >= 0.6 is 0 Å². The standard InChI is InChI=1S/C14H22N2O2/c1-14(2,3)9-10(15)8-13(18)16-11-6-4-5-7-12(11)17/h4-7,10,17H,8-9,15H2,1-3H3,(H,16,18). The van der Waals surface area contributed by atoms with E-state index in [1.165, 1.54) is 6.07 Å². The summed E-state index contributed by atoms with van der Waals surface area (Å²) in [6, 6.07) is 6.48. The molecule has 1 atom stereocenters. The molecular formula is C14H22N2O2. The lowest BCUT2D eigenvalue weighted by Crippen LogP contribution is -2.31. The van der Waals surface area contributed by atoms with E-state index >= 15 is 0 Å². The third-order valence-electron chi connectivity index (χ3n) is 2.50. The molecule has 100 valence electrons. The Morgan fingerprint density at radius 1 is 1.39 bits per heavy atom. The largest absolute Gasteiger partial charge is 0.506 e. The van der Waals surface area contributed by atoms with Crippen molar-refractivity contribution in [1.29, 1.82) is 0 Å². The number of carbonyl (C=O) groups is 1. The monoisotopic (exact) mass is 250 g/mol. The molecule has 0 fully saturated rings. The Kier molecular flexibility index (Phi) is 4.73. The van der Waals surface area contributed by atoms with Crippen molar-refractivity contribution in [1.82, 2.24) is 0 Å². The molecule has 0 aliphatic rings. The molecule has 0 saturated heterocycles. The Hall–Kier alpha value is -1.55. The number of aromatic hydroxyl groups is 1. The lowest BCUT2D eigenvalue weighted by molar-refractivity contribution is -0.116. The number of phenols is 1. The highest BCUT2D eigenvalue weighted by atomic mass is 16.3. The molecule has 4 nitrogen and oxygen atoms in total. The predicted octanol–water partition coefficient (Wildman–Crippen LogP) is 2.48. The van der Waals surface area contributed by atoms with Crippen molar-refractivity contribution in [3.63, 3.8) is 0 Å². The lowest BCUT2D eigenvalue weighted by atomic mass is 9.87. The van der Waals surface area contributed by atoms with Crippen molar-refractivity contribution in [3.8, 4) is 5.75 Å². The molecule has 18 heavy (non-hydrogen) atoms. The molecule has 1 aromatic carbocycles. The zero-order valence-corrected chi connectivity index (χ0v) is 11.2. The fourth-order valence-corrected chi connectivity index (χ4v) is 1.88. The van der Waals surface area contributed by atoms with Gasteiger partial charge in [-0.2, -0.15) is 0 Å². The molecule has 0 radical (unpaired) electrons. The van der Waals surface area contributed by atoms with Crippen LogP contribution in [0.15, 0.2) is 24.3 Å². The summed E-state index contributed by atoms with van der Waals surface area (Å²) in [5, 5.41) is 12.2. The zero-order chi connectivity index (χ0) is 13.8. The van der Waals surface area contributed by atoms with Gasteiger partial charge in [0.1, 0.15) is 5.75 Å². The summed E-state index contributed by atoms with van der Waals surface area (Å²) in [5.41, 5.74) is 6.46. The number of hydrogen-bond acceptors (Lipinski definition) is 3. The number of carbonyl (C=O) groups excluding carboxylic acids is 1. The summed E-state index contributed by atoms with van der Waals surface area (Å²) < 4.78 is 0. The van der Waals surface area contributed by atoms with Crippen molar-refractivity contribution in [2.75, 3.05) is 5.32 Å². The topological polar surface area (TPSA) is 75.4 Å². The number of phenolic OH excluding ortho intramolecular Hbond substituents is 1. The van der Waals surface area contributed by atoms with Crippen LogP contribution in [0.1, 0.15) is 33.6 Å². The number of para-hydroxylation sites is 2. The van der Waals surface area contributed by atoms with Gasteiger partial charge < -0.3 is 16.2 Å². The van der Waals surface area contributed by atoms with E-state index in [-0.39, 0.29) is 29.5 Å². The number of nitrogens with one attached hydrogen (secondary N) is 1. The van der Waals surface area contributed by atoms with Gasteiger partial charge in [0.25, 0.3) is 0 Å². The molecule has 0 aromatic heterocycles. The number of amides is 1. The van der Waals surface area contributed by atoms with Crippen LogP contribution in [-0.4, -0.2) is 17.1 Å². The van der Waals surface area contributed by atoms with Gasteiger partial charge in [-0.25, -0.2) is 0 Å². The van der Waals surface area contributed by atoms with Gasteiger partial charge in [-0.3, -0.25) is 4.79 Å². The second kappa shape index (κ2) is 5.87. The Morgan fingerprint density at radius 3 is 2.56 bits per heavy atom. The average Bonchev–Trinajstić information content (AvgIpc) is 2.18. The summed E-state index contributed by atoms with van der Waals surface area (Å²) in [4.78, 5) is 11.8. The van der Waals surface area contributed by atoms with Crippen LogP contribution in [0.5, 0.6) is 5.75 Å². The molecule has 4 N–H and O–H groups in total. The SMILES string of the molecule is CC(C)(C)CC(N)CC(=O)Nc1ccccc1O. The average molecular weight is 250 g/mol. The number of benzene rings is 1. The van der Waals surface area contributed by atoms with Gasteiger partial charge in [0.15, 0.2) is 0 Å². The highest BCUT2D eigenvalue weighted by Gasteiger charge is 2.18. The lowest BCUT2D eigenvalue weighted by Gasteiger charge is -2.22. The van der Waals surface area contributed by atoms with Crippen molar-refractivity contribution in [3.05, 3.63) is 24.3 Å². The quantitative estimate of drug-likeness (QED) is 0.719. The van der Waals surface area contributed by atoms with E-state index in [2.05, 4.69) is 26.1 Å². The first kappa shape index (κ1) is 14.5. The van der Waals surface area contributed by atoms with Gasteiger partial charge >= 0.3 is 0 Å². The number of hydrogen-bond donors (Lipinski definition) is 3. The first-order chi connectivity index (χ1) is 8.28. The van der Waals surface area contributed by atoms with E-state index in [0.29, 0.717) is 5.69 Å². The predicted molar refractivity (Wildman–Crippen MR) is 73.4 cm³/mol. The van der Waals surface area contributed by atoms with Crippen LogP contribution < -0.4 is 11.1 Å². The Balaban J connectivity index is 2.50. The van der Waals surface area contributed by atoms with Crippen LogP contribution in [0.4, 0.5) is 5.69 Å². The van der Waals surface area contributed by atoms with E-state index < -0.39 is 0 Å². The highest BCUT2D eigenvalue weighted by Crippen LogP contribution is 2.23. The minimum atomic E-state index is -0.173. The third-order valence-corrected chi connectivity index (χ3v) is 2.50. The number of anilines is 1. The molecule has 1 unspecified atom stereocenters.